The molecule has 1 fully saturated rings. The van der Waals surface area contributed by atoms with E-state index >= 15 is 0 Å². The Kier molecular flexibility index (Phi) is 4.72. The smallest absolute Gasteiger partial charge is 0.334 e. The monoisotopic (exact) mass is 345 g/mol. The van der Waals surface area contributed by atoms with Crippen LogP contribution in [0.1, 0.15) is 5.56 Å². The summed E-state index contributed by atoms with van der Waals surface area (Å²) in [4.78, 5) is 24.4. The zero-order chi connectivity index (χ0) is 14.7. The number of ether oxygens (including phenoxy) is 1. The Labute approximate surface area is 123 Å². The minimum atomic E-state index is -1.08. The van der Waals surface area contributed by atoms with Crippen molar-refractivity contribution in [1.82, 2.24) is 4.90 Å². The van der Waals surface area contributed by atoms with Gasteiger partial charge in [-0.2, -0.15) is 0 Å². The zero-order valence-corrected chi connectivity index (χ0v) is 12.1. The molecule has 1 aromatic carbocycles. The van der Waals surface area contributed by atoms with Crippen molar-refractivity contribution in [2.75, 3.05) is 19.7 Å². The van der Waals surface area contributed by atoms with Crippen LogP contribution in [0.4, 0.5) is 4.39 Å². The Morgan fingerprint density at radius 1 is 1.50 bits per heavy atom. The first-order valence-corrected chi connectivity index (χ1v) is 6.83. The average molecular weight is 346 g/mol. The number of carbonyl (C=O) groups is 2. The SMILES string of the molecule is O=C(O)C1CN(C(=O)Cc2ccc(F)c(Br)c2)CCO1. The van der Waals surface area contributed by atoms with Crippen LogP contribution in [0.2, 0.25) is 0 Å². The summed E-state index contributed by atoms with van der Waals surface area (Å²) >= 11 is 3.06. The van der Waals surface area contributed by atoms with Crippen LogP contribution in [0, 0.1) is 5.82 Å². The molecule has 1 unspecified atom stereocenters. The molecular formula is C13H13BrFNO4. The summed E-state index contributed by atoms with van der Waals surface area (Å²) < 4.78 is 18.5. The molecule has 7 heteroatoms. The summed E-state index contributed by atoms with van der Waals surface area (Å²) in [6, 6.07) is 4.36. The number of amides is 1. The highest BCUT2D eigenvalue weighted by atomic mass is 79.9. The van der Waals surface area contributed by atoms with E-state index in [1.807, 2.05) is 0 Å². The quantitative estimate of drug-likeness (QED) is 0.900. The van der Waals surface area contributed by atoms with Crippen LogP contribution in [-0.2, 0) is 20.7 Å². The molecule has 1 aliphatic heterocycles. The normalized spacial score (nSPS) is 18.9. The molecule has 1 amide bonds. The third-order valence-electron chi connectivity index (χ3n) is 3.03. The minimum Gasteiger partial charge on any atom is -0.479 e. The lowest BCUT2D eigenvalue weighted by molar-refractivity contribution is -0.159. The molecule has 1 saturated heterocycles. The van der Waals surface area contributed by atoms with Gasteiger partial charge in [0.25, 0.3) is 0 Å². The third kappa shape index (κ3) is 3.55. The van der Waals surface area contributed by atoms with Crippen LogP contribution in [-0.4, -0.2) is 47.7 Å². The maximum atomic E-state index is 13.1. The van der Waals surface area contributed by atoms with E-state index in [1.54, 1.807) is 6.07 Å². The second-order valence-corrected chi connectivity index (χ2v) is 5.32. The third-order valence-corrected chi connectivity index (χ3v) is 3.64. The summed E-state index contributed by atoms with van der Waals surface area (Å²) in [6.07, 6.45) is -0.877. The van der Waals surface area contributed by atoms with Crippen molar-refractivity contribution < 1.29 is 23.8 Å². The van der Waals surface area contributed by atoms with E-state index < -0.39 is 17.9 Å². The van der Waals surface area contributed by atoms with E-state index in [-0.39, 0.29) is 25.5 Å². The maximum absolute atomic E-state index is 13.1. The predicted octanol–water partition coefficient (Wildman–Crippen LogP) is 1.44. The standard InChI is InChI=1S/C13H13BrFNO4/c14-9-5-8(1-2-10(9)15)6-12(17)16-3-4-20-11(7-16)13(18)19/h1-2,5,11H,3-4,6-7H2,(H,18,19). The number of nitrogens with zero attached hydrogens (tertiary/aromatic N) is 1. The van der Waals surface area contributed by atoms with Crippen LogP contribution < -0.4 is 0 Å². The first-order valence-electron chi connectivity index (χ1n) is 6.03. The van der Waals surface area contributed by atoms with E-state index in [0.29, 0.717) is 16.6 Å². The second kappa shape index (κ2) is 6.32. The first kappa shape index (κ1) is 14.9. The van der Waals surface area contributed by atoms with Crippen molar-refractivity contribution in [2.45, 2.75) is 12.5 Å². The number of carbonyl (C=O) groups excluding carboxylic acids is 1. The summed E-state index contributed by atoms with van der Waals surface area (Å²) in [5, 5.41) is 8.88. The van der Waals surface area contributed by atoms with E-state index in [0.717, 1.165) is 0 Å². The number of benzene rings is 1. The fraction of sp³-hybridized carbons (Fsp3) is 0.385. The Hall–Kier alpha value is -1.47. The van der Waals surface area contributed by atoms with Gasteiger partial charge in [0, 0.05) is 6.54 Å². The van der Waals surface area contributed by atoms with Gasteiger partial charge < -0.3 is 14.7 Å². The largest absolute Gasteiger partial charge is 0.479 e. The predicted molar refractivity (Wildman–Crippen MR) is 71.8 cm³/mol. The molecule has 1 N–H and O–H groups in total. The Balaban J connectivity index is 2.00. The average Bonchev–Trinajstić information content (AvgIpc) is 2.43. The van der Waals surface area contributed by atoms with Gasteiger partial charge in [-0.15, -0.1) is 0 Å². The Bertz CT molecular complexity index is 537. The molecule has 20 heavy (non-hydrogen) atoms. The number of hydrogen-bond acceptors (Lipinski definition) is 3. The molecule has 5 nitrogen and oxygen atoms in total. The summed E-state index contributed by atoms with van der Waals surface area (Å²) in [5.74, 6) is -1.66. The van der Waals surface area contributed by atoms with Crippen LogP contribution in [0.15, 0.2) is 22.7 Å². The number of rotatable bonds is 3. The number of carboxylic acid groups (broad SMARTS) is 1. The van der Waals surface area contributed by atoms with Crippen molar-refractivity contribution >= 4 is 27.8 Å². The van der Waals surface area contributed by atoms with E-state index in [2.05, 4.69) is 15.9 Å². The summed E-state index contributed by atoms with van der Waals surface area (Å²) in [5.41, 5.74) is 0.668. The molecule has 1 aromatic rings. The summed E-state index contributed by atoms with van der Waals surface area (Å²) in [6.45, 7) is 0.608. The number of aliphatic carboxylic acids is 1. The van der Waals surface area contributed by atoms with Gasteiger partial charge >= 0.3 is 5.97 Å². The van der Waals surface area contributed by atoms with Gasteiger partial charge in [-0.05, 0) is 33.6 Å². The van der Waals surface area contributed by atoms with Gasteiger partial charge in [0.2, 0.25) is 5.91 Å². The van der Waals surface area contributed by atoms with Gasteiger partial charge in [0.15, 0.2) is 6.10 Å². The first-order chi connectivity index (χ1) is 9.47. The van der Waals surface area contributed by atoms with Gasteiger partial charge in [-0.25, -0.2) is 9.18 Å². The van der Waals surface area contributed by atoms with Gasteiger partial charge in [0.05, 0.1) is 24.0 Å². The summed E-state index contributed by atoms with van der Waals surface area (Å²) in [7, 11) is 0. The molecule has 0 spiro atoms. The zero-order valence-electron chi connectivity index (χ0n) is 10.5. The topological polar surface area (TPSA) is 66.8 Å². The van der Waals surface area contributed by atoms with Crippen molar-refractivity contribution in [3.05, 3.63) is 34.1 Å². The van der Waals surface area contributed by atoms with Crippen molar-refractivity contribution in [1.29, 1.82) is 0 Å². The van der Waals surface area contributed by atoms with Crippen LogP contribution in [0.3, 0.4) is 0 Å². The van der Waals surface area contributed by atoms with E-state index in [9.17, 15) is 14.0 Å². The van der Waals surface area contributed by atoms with E-state index in [1.165, 1.54) is 17.0 Å². The van der Waals surface area contributed by atoms with E-state index in [4.69, 9.17) is 9.84 Å². The fourth-order valence-corrected chi connectivity index (χ4v) is 2.39. The Morgan fingerprint density at radius 2 is 2.25 bits per heavy atom. The molecule has 0 aromatic heterocycles. The lowest BCUT2D eigenvalue weighted by atomic mass is 10.1. The molecule has 0 bridgehead atoms. The molecule has 1 atom stereocenters. The number of hydrogen-bond donors (Lipinski definition) is 1. The lowest BCUT2D eigenvalue weighted by Crippen LogP contribution is -2.49. The molecule has 0 aliphatic carbocycles. The van der Waals surface area contributed by atoms with Gasteiger partial charge in [0.1, 0.15) is 5.82 Å². The lowest BCUT2D eigenvalue weighted by Gasteiger charge is -2.31. The minimum absolute atomic E-state index is 0.0382. The maximum Gasteiger partial charge on any atom is 0.334 e. The fourth-order valence-electron chi connectivity index (χ4n) is 1.96. The second-order valence-electron chi connectivity index (χ2n) is 4.46. The highest BCUT2D eigenvalue weighted by Crippen LogP contribution is 2.18. The molecule has 2 rings (SSSR count). The number of carboxylic acids is 1. The van der Waals surface area contributed by atoms with Gasteiger partial charge in [-0.1, -0.05) is 6.07 Å². The molecule has 1 aliphatic rings. The molecule has 0 saturated carbocycles. The number of morpholine rings is 1. The molecule has 0 radical (unpaired) electrons. The van der Waals surface area contributed by atoms with Gasteiger partial charge in [-0.3, -0.25) is 4.79 Å². The Morgan fingerprint density at radius 3 is 2.90 bits per heavy atom. The molecular weight excluding hydrogens is 333 g/mol. The highest BCUT2D eigenvalue weighted by Gasteiger charge is 2.28. The number of halogens is 2. The molecule has 1 heterocycles. The van der Waals surface area contributed by atoms with Crippen LogP contribution in [0.25, 0.3) is 0 Å². The van der Waals surface area contributed by atoms with Crippen LogP contribution in [0.5, 0.6) is 0 Å². The van der Waals surface area contributed by atoms with Crippen molar-refractivity contribution in [3.8, 4) is 0 Å². The highest BCUT2D eigenvalue weighted by molar-refractivity contribution is 9.10. The van der Waals surface area contributed by atoms with Crippen molar-refractivity contribution in [2.24, 2.45) is 0 Å². The van der Waals surface area contributed by atoms with Crippen LogP contribution >= 0.6 is 15.9 Å². The molecule has 108 valence electrons. The van der Waals surface area contributed by atoms with Crippen molar-refractivity contribution in [3.63, 3.8) is 0 Å².